The van der Waals surface area contributed by atoms with Crippen LogP contribution in [0.1, 0.15) is 33.2 Å². The van der Waals surface area contributed by atoms with Crippen molar-refractivity contribution in [2.45, 2.75) is 25.9 Å². The second-order valence-electron chi connectivity index (χ2n) is 5.09. The van der Waals surface area contributed by atoms with Crippen molar-refractivity contribution in [2.75, 3.05) is 24.7 Å². The van der Waals surface area contributed by atoms with E-state index in [-0.39, 0.29) is 34.5 Å². The average molecular weight is 435 g/mol. The van der Waals surface area contributed by atoms with E-state index in [0.29, 0.717) is 0 Å². The number of thiol groups is 2. The molecular formula is C16H22N2O6S3. The van der Waals surface area contributed by atoms with Gasteiger partial charge in [0.25, 0.3) is 11.8 Å². The van der Waals surface area contributed by atoms with Gasteiger partial charge in [-0.05, 0) is 26.0 Å². The summed E-state index contributed by atoms with van der Waals surface area (Å²) >= 11 is 8.99. The van der Waals surface area contributed by atoms with Gasteiger partial charge in [-0.15, -0.1) is 11.3 Å². The summed E-state index contributed by atoms with van der Waals surface area (Å²) in [6.45, 7) is 3.70. The maximum absolute atomic E-state index is 12.3. The highest BCUT2D eigenvalue weighted by Gasteiger charge is 2.24. The van der Waals surface area contributed by atoms with Crippen molar-refractivity contribution < 1.29 is 28.7 Å². The van der Waals surface area contributed by atoms with Gasteiger partial charge >= 0.3 is 11.9 Å². The molecule has 0 spiro atoms. The highest BCUT2D eigenvalue weighted by atomic mass is 32.1. The predicted octanol–water partition coefficient (Wildman–Crippen LogP) is 0.931. The zero-order valence-electron chi connectivity index (χ0n) is 14.9. The Labute approximate surface area is 172 Å². The molecule has 0 aromatic carbocycles. The summed E-state index contributed by atoms with van der Waals surface area (Å²) in [4.78, 5) is 48.5. The van der Waals surface area contributed by atoms with E-state index in [1.54, 1.807) is 13.8 Å². The minimum Gasteiger partial charge on any atom is -0.464 e. The summed E-state index contributed by atoms with van der Waals surface area (Å²) in [7, 11) is 0. The molecule has 0 aliphatic heterocycles. The largest absolute Gasteiger partial charge is 0.464 e. The number of rotatable bonds is 10. The fourth-order valence-corrected chi connectivity index (χ4v) is 3.18. The van der Waals surface area contributed by atoms with Crippen LogP contribution in [0.5, 0.6) is 0 Å². The zero-order chi connectivity index (χ0) is 20.4. The van der Waals surface area contributed by atoms with E-state index in [4.69, 9.17) is 9.47 Å². The molecule has 1 rings (SSSR count). The molecule has 0 aliphatic rings. The fraction of sp³-hybridized carbons (Fsp3) is 0.500. The van der Waals surface area contributed by atoms with Crippen LogP contribution in [0.25, 0.3) is 0 Å². The summed E-state index contributed by atoms with van der Waals surface area (Å²) < 4.78 is 9.72. The van der Waals surface area contributed by atoms with Crippen molar-refractivity contribution in [1.29, 1.82) is 0 Å². The van der Waals surface area contributed by atoms with Crippen LogP contribution in [0.3, 0.4) is 0 Å². The number of hydrogen-bond acceptors (Lipinski definition) is 9. The van der Waals surface area contributed by atoms with E-state index >= 15 is 0 Å². The molecule has 2 atom stereocenters. The standard InChI is InChI=1S/C16H22N2O6S3/c1-3-23-15(21)9(7-25)17-13(19)11-5-6-12(27-11)14(20)18-10(8-26)16(22)24-4-2/h5-6,9-10,25-26H,3-4,7-8H2,1-2H3,(H,17,19)(H,18,20). The third-order valence-electron chi connectivity index (χ3n) is 3.17. The molecule has 0 bridgehead atoms. The molecule has 1 heterocycles. The lowest BCUT2D eigenvalue weighted by Gasteiger charge is -2.14. The van der Waals surface area contributed by atoms with E-state index in [9.17, 15) is 19.2 Å². The summed E-state index contributed by atoms with van der Waals surface area (Å²) in [5, 5.41) is 5.02. The quantitative estimate of drug-likeness (QED) is 0.322. The predicted molar refractivity (Wildman–Crippen MR) is 108 cm³/mol. The maximum atomic E-state index is 12.3. The van der Waals surface area contributed by atoms with Crippen molar-refractivity contribution in [3.05, 3.63) is 21.9 Å². The Bertz CT molecular complexity index is 624. The van der Waals surface area contributed by atoms with Crippen LogP contribution in [0, 0.1) is 0 Å². The third kappa shape index (κ3) is 7.07. The monoisotopic (exact) mass is 434 g/mol. The van der Waals surface area contributed by atoms with Crippen LogP contribution in [0.4, 0.5) is 0 Å². The van der Waals surface area contributed by atoms with Crippen molar-refractivity contribution in [3.8, 4) is 0 Å². The molecule has 0 radical (unpaired) electrons. The van der Waals surface area contributed by atoms with Gasteiger partial charge in [-0.2, -0.15) is 25.3 Å². The van der Waals surface area contributed by atoms with E-state index < -0.39 is 35.8 Å². The molecule has 2 N–H and O–H groups in total. The smallest absolute Gasteiger partial charge is 0.329 e. The average Bonchev–Trinajstić information content (AvgIpc) is 3.14. The van der Waals surface area contributed by atoms with E-state index in [1.165, 1.54) is 12.1 Å². The number of carbonyl (C=O) groups excluding carboxylic acids is 4. The van der Waals surface area contributed by atoms with Crippen LogP contribution in [-0.4, -0.2) is 60.6 Å². The van der Waals surface area contributed by atoms with Gasteiger partial charge in [-0.1, -0.05) is 0 Å². The molecule has 1 aromatic rings. The van der Waals surface area contributed by atoms with Crippen molar-refractivity contribution >= 4 is 60.3 Å². The van der Waals surface area contributed by atoms with Gasteiger partial charge in [0.05, 0.1) is 23.0 Å². The number of esters is 2. The lowest BCUT2D eigenvalue weighted by molar-refractivity contribution is -0.145. The Balaban J connectivity index is 2.75. The van der Waals surface area contributed by atoms with Gasteiger partial charge in [-0.3, -0.25) is 9.59 Å². The molecular weight excluding hydrogens is 412 g/mol. The number of carbonyl (C=O) groups is 4. The van der Waals surface area contributed by atoms with Gasteiger partial charge in [-0.25, -0.2) is 9.59 Å². The van der Waals surface area contributed by atoms with Gasteiger partial charge in [0.15, 0.2) is 0 Å². The number of hydrogen-bond donors (Lipinski definition) is 4. The molecule has 0 aliphatic carbocycles. The van der Waals surface area contributed by atoms with Crippen LogP contribution in [-0.2, 0) is 19.1 Å². The highest BCUT2D eigenvalue weighted by molar-refractivity contribution is 7.80. The molecule has 11 heteroatoms. The first-order chi connectivity index (χ1) is 12.9. The summed E-state index contributed by atoms with van der Waals surface area (Å²) in [5.41, 5.74) is 0. The van der Waals surface area contributed by atoms with Crippen molar-refractivity contribution in [3.63, 3.8) is 0 Å². The first-order valence-corrected chi connectivity index (χ1v) is 10.2. The lowest BCUT2D eigenvalue weighted by atomic mass is 10.3. The van der Waals surface area contributed by atoms with Crippen LogP contribution in [0.15, 0.2) is 12.1 Å². The Kier molecular flexibility index (Phi) is 10.3. The summed E-state index contributed by atoms with van der Waals surface area (Å²) in [6.07, 6.45) is 0. The molecule has 8 nitrogen and oxygen atoms in total. The molecule has 0 saturated heterocycles. The maximum Gasteiger partial charge on any atom is 0.329 e. The lowest BCUT2D eigenvalue weighted by Crippen LogP contribution is -2.43. The number of ether oxygens (including phenoxy) is 2. The Morgan fingerprint density at radius 2 is 1.26 bits per heavy atom. The minimum atomic E-state index is -0.891. The summed E-state index contributed by atoms with van der Waals surface area (Å²) in [5.74, 6) is -2.06. The van der Waals surface area contributed by atoms with Gasteiger partial charge in [0.1, 0.15) is 12.1 Å². The first kappa shape index (κ1) is 23.3. The normalized spacial score (nSPS) is 12.6. The molecule has 0 saturated carbocycles. The number of nitrogens with one attached hydrogen (secondary N) is 2. The Morgan fingerprint density at radius 3 is 1.56 bits per heavy atom. The van der Waals surface area contributed by atoms with Gasteiger partial charge < -0.3 is 20.1 Å². The van der Waals surface area contributed by atoms with Gasteiger partial charge in [0.2, 0.25) is 0 Å². The van der Waals surface area contributed by atoms with E-state index in [1.807, 2.05) is 0 Å². The fourth-order valence-electron chi connectivity index (χ4n) is 1.88. The SMILES string of the molecule is CCOC(=O)C(CS)NC(=O)c1ccc(C(=O)NC(CS)C(=O)OCC)s1. The Hall–Kier alpha value is -1.72. The van der Waals surface area contributed by atoms with Crippen LogP contribution < -0.4 is 10.6 Å². The molecule has 2 unspecified atom stereocenters. The van der Waals surface area contributed by atoms with Crippen LogP contribution >= 0.6 is 36.6 Å². The van der Waals surface area contributed by atoms with Crippen molar-refractivity contribution in [1.82, 2.24) is 10.6 Å². The second-order valence-corrected chi connectivity index (χ2v) is 6.90. The molecule has 27 heavy (non-hydrogen) atoms. The first-order valence-electron chi connectivity index (χ1n) is 8.14. The van der Waals surface area contributed by atoms with E-state index in [2.05, 4.69) is 35.9 Å². The molecule has 2 amide bonds. The summed E-state index contributed by atoms with van der Waals surface area (Å²) in [6, 6.07) is 1.13. The number of thiophene rings is 1. The molecule has 0 fully saturated rings. The molecule has 150 valence electrons. The zero-order valence-corrected chi connectivity index (χ0v) is 17.5. The minimum absolute atomic E-state index is 0.0758. The Morgan fingerprint density at radius 1 is 0.889 bits per heavy atom. The topological polar surface area (TPSA) is 111 Å². The van der Waals surface area contributed by atoms with Crippen molar-refractivity contribution in [2.24, 2.45) is 0 Å². The third-order valence-corrected chi connectivity index (χ3v) is 4.98. The highest BCUT2D eigenvalue weighted by Crippen LogP contribution is 2.17. The van der Waals surface area contributed by atoms with E-state index in [0.717, 1.165) is 11.3 Å². The molecule has 1 aromatic heterocycles. The van der Waals surface area contributed by atoms with Crippen LogP contribution in [0.2, 0.25) is 0 Å². The number of amides is 2. The second kappa shape index (κ2) is 11.9. The van der Waals surface area contributed by atoms with Gasteiger partial charge in [0, 0.05) is 11.5 Å².